The van der Waals surface area contributed by atoms with Crippen LogP contribution in [0.25, 0.3) is 10.1 Å². The highest BCUT2D eigenvalue weighted by Crippen LogP contribution is 2.38. The molecule has 3 rings (SSSR count). The van der Waals surface area contributed by atoms with Crippen LogP contribution in [-0.2, 0) is 6.42 Å². The van der Waals surface area contributed by atoms with Crippen molar-refractivity contribution in [3.8, 4) is 0 Å². The molecule has 0 aliphatic heterocycles. The molecule has 0 spiro atoms. The number of halogens is 4. The van der Waals surface area contributed by atoms with Gasteiger partial charge in [-0.2, -0.15) is 0 Å². The van der Waals surface area contributed by atoms with E-state index in [9.17, 15) is 8.78 Å². The van der Waals surface area contributed by atoms with Crippen molar-refractivity contribution in [1.29, 1.82) is 0 Å². The zero-order valence-corrected chi connectivity index (χ0v) is 13.9. The minimum Gasteiger partial charge on any atom is -0.207 e. The van der Waals surface area contributed by atoms with E-state index in [0.29, 0.717) is 0 Å². The van der Waals surface area contributed by atoms with Gasteiger partial charge in [-0.05, 0) is 56.9 Å². The van der Waals surface area contributed by atoms with Gasteiger partial charge in [0.05, 0.1) is 5.38 Å². The van der Waals surface area contributed by atoms with Gasteiger partial charge >= 0.3 is 0 Å². The molecule has 0 saturated heterocycles. The predicted molar refractivity (Wildman–Crippen MR) is 88.2 cm³/mol. The summed E-state index contributed by atoms with van der Waals surface area (Å²) in [6.45, 7) is 0. The minimum atomic E-state index is -0.554. The molecule has 0 nitrogen and oxygen atoms in total. The quantitative estimate of drug-likeness (QED) is 0.452. The van der Waals surface area contributed by atoms with E-state index in [2.05, 4.69) is 15.9 Å². The van der Waals surface area contributed by atoms with Crippen LogP contribution < -0.4 is 0 Å². The SMILES string of the molecule is Fc1cccc(F)c1CC(Cl)c1csc2c(Br)cccc12. The third-order valence-electron chi connectivity index (χ3n) is 3.36. The maximum Gasteiger partial charge on any atom is 0.129 e. The average molecular weight is 388 g/mol. The van der Waals surface area contributed by atoms with Gasteiger partial charge in [-0.3, -0.25) is 0 Å². The molecule has 3 aromatic rings. The van der Waals surface area contributed by atoms with Crippen molar-refractivity contribution in [2.45, 2.75) is 11.8 Å². The van der Waals surface area contributed by atoms with E-state index >= 15 is 0 Å². The molecule has 1 aromatic heterocycles. The lowest BCUT2D eigenvalue weighted by atomic mass is 10.0. The smallest absolute Gasteiger partial charge is 0.129 e. The fraction of sp³-hybridized carbons (Fsp3) is 0.125. The molecular formula is C16H10BrClF2S. The summed E-state index contributed by atoms with van der Waals surface area (Å²) in [5.41, 5.74) is 0.937. The molecule has 1 heterocycles. The molecule has 0 amide bonds. The number of fused-ring (bicyclic) bond motifs is 1. The molecule has 0 bridgehead atoms. The largest absolute Gasteiger partial charge is 0.207 e. The molecule has 0 N–H and O–H groups in total. The summed E-state index contributed by atoms with van der Waals surface area (Å²) >= 11 is 11.5. The molecule has 0 aliphatic rings. The van der Waals surface area contributed by atoms with E-state index in [1.807, 2.05) is 23.6 Å². The third-order valence-corrected chi connectivity index (χ3v) is 5.72. The van der Waals surface area contributed by atoms with E-state index in [1.54, 1.807) is 11.3 Å². The van der Waals surface area contributed by atoms with Gasteiger partial charge in [0.25, 0.3) is 0 Å². The molecule has 0 saturated carbocycles. The van der Waals surface area contributed by atoms with Crippen molar-refractivity contribution in [3.05, 3.63) is 69.0 Å². The second-order valence-corrected chi connectivity index (χ2v) is 6.94. The summed E-state index contributed by atoms with van der Waals surface area (Å²) in [5, 5.41) is 2.50. The first kappa shape index (κ1) is 14.9. The Morgan fingerprint density at radius 1 is 1.10 bits per heavy atom. The Morgan fingerprint density at radius 2 is 1.76 bits per heavy atom. The molecule has 5 heteroatoms. The first-order valence-corrected chi connectivity index (χ1v) is 8.41. The summed E-state index contributed by atoms with van der Waals surface area (Å²) in [6.07, 6.45) is 0.123. The van der Waals surface area contributed by atoms with Gasteiger partial charge in [0, 0.05) is 14.7 Å². The highest BCUT2D eigenvalue weighted by atomic mass is 79.9. The molecule has 2 aromatic carbocycles. The Bertz CT molecular complexity index is 780. The molecule has 1 atom stereocenters. The second kappa shape index (κ2) is 6.03. The van der Waals surface area contributed by atoms with Gasteiger partial charge in [-0.15, -0.1) is 22.9 Å². The molecular weight excluding hydrogens is 378 g/mol. The Hall–Kier alpha value is -0.970. The molecule has 1 unspecified atom stereocenters. The first-order valence-electron chi connectivity index (χ1n) is 6.30. The highest BCUT2D eigenvalue weighted by molar-refractivity contribution is 9.10. The number of rotatable bonds is 3. The summed E-state index contributed by atoms with van der Waals surface area (Å²) < 4.78 is 29.5. The molecule has 0 fully saturated rings. The van der Waals surface area contributed by atoms with E-state index in [4.69, 9.17) is 11.6 Å². The Morgan fingerprint density at radius 3 is 2.48 bits per heavy atom. The number of alkyl halides is 1. The van der Waals surface area contributed by atoms with Gasteiger partial charge in [-0.1, -0.05) is 18.2 Å². The van der Waals surface area contributed by atoms with Crippen LogP contribution in [0.4, 0.5) is 8.78 Å². The summed E-state index contributed by atoms with van der Waals surface area (Å²) in [6, 6.07) is 9.72. The summed E-state index contributed by atoms with van der Waals surface area (Å²) in [5.74, 6) is -1.11. The third kappa shape index (κ3) is 2.85. The Labute approximate surface area is 138 Å². The van der Waals surface area contributed by atoms with Crippen LogP contribution in [0.5, 0.6) is 0 Å². The van der Waals surface area contributed by atoms with E-state index < -0.39 is 17.0 Å². The van der Waals surface area contributed by atoms with Crippen LogP contribution in [0.2, 0.25) is 0 Å². The second-order valence-electron chi connectivity index (χ2n) is 4.68. The van der Waals surface area contributed by atoms with Gasteiger partial charge in [-0.25, -0.2) is 8.78 Å². The van der Waals surface area contributed by atoms with Crippen molar-refractivity contribution >= 4 is 49.0 Å². The lowest BCUT2D eigenvalue weighted by Gasteiger charge is -2.11. The Kier molecular flexibility index (Phi) is 4.29. The monoisotopic (exact) mass is 386 g/mol. The number of thiophene rings is 1. The van der Waals surface area contributed by atoms with Crippen LogP contribution in [0.1, 0.15) is 16.5 Å². The lowest BCUT2D eigenvalue weighted by molar-refractivity contribution is 0.553. The van der Waals surface area contributed by atoms with E-state index in [-0.39, 0.29) is 12.0 Å². The Balaban J connectivity index is 1.98. The standard InChI is InChI=1S/C16H10BrClF2S/c17-12-4-1-3-9-11(8-21-16(9)12)13(18)7-10-14(19)5-2-6-15(10)20/h1-6,8,13H,7H2. The van der Waals surface area contributed by atoms with Crippen molar-refractivity contribution in [2.75, 3.05) is 0 Å². The molecule has 108 valence electrons. The molecule has 0 radical (unpaired) electrons. The normalized spacial score (nSPS) is 12.8. The van der Waals surface area contributed by atoms with Gasteiger partial charge in [0.2, 0.25) is 0 Å². The van der Waals surface area contributed by atoms with Crippen LogP contribution >= 0.6 is 38.9 Å². The van der Waals surface area contributed by atoms with Crippen molar-refractivity contribution in [3.63, 3.8) is 0 Å². The van der Waals surface area contributed by atoms with Crippen LogP contribution in [0.15, 0.2) is 46.3 Å². The van der Waals surface area contributed by atoms with Crippen LogP contribution in [-0.4, -0.2) is 0 Å². The fourth-order valence-electron chi connectivity index (χ4n) is 2.30. The average Bonchev–Trinajstić information content (AvgIpc) is 2.88. The van der Waals surface area contributed by atoms with Crippen LogP contribution in [0.3, 0.4) is 0 Å². The van der Waals surface area contributed by atoms with Crippen molar-refractivity contribution < 1.29 is 8.78 Å². The van der Waals surface area contributed by atoms with E-state index in [0.717, 1.165) is 20.1 Å². The number of hydrogen-bond acceptors (Lipinski definition) is 1. The summed E-state index contributed by atoms with van der Waals surface area (Å²) in [4.78, 5) is 0. The minimum absolute atomic E-state index is 0.0341. The van der Waals surface area contributed by atoms with Gasteiger partial charge < -0.3 is 0 Å². The number of hydrogen-bond donors (Lipinski definition) is 0. The van der Waals surface area contributed by atoms with E-state index in [1.165, 1.54) is 18.2 Å². The highest BCUT2D eigenvalue weighted by Gasteiger charge is 2.19. The topological polar surface area (TPSA) is 0 Å². The van der Waals surface area contributed by atoms with Gasteiger partial charge in [0.15, 0.2) is 0 Å². The van der Waals surface area contributed by atoms with Crippen molar-refractivity contribution in [1.82, 2.24) is 0 Å². The van der Waals surface area contributed by atoms with Crippen molar-refractivity contribution in [2.24, 2.45) is 0 Å². The maximum atomic E-state index is 13.7. The van der Waals surface area contributed by atoms with Crippen LogP contribution in [0, 0.1) is 11.6 Å². The molecule has 21 heavy (non-hydrogen) atoms. The maximum absolute atomic E-state index is 13.7. The fourth-order valence-corrected chi connectivity index (χ4v) is 4.39. The van der Waals surface area contributed by atoms with Gasteiger partial charge in [0.1, 0.15) is 11.6 Å². The molecule has 0 aliphatic carbocycles. The first-order chi connectivity index (χ1) is 10.1. The summed E-state index contributed by atoms with van der Waals surface area (Å²) in [7, 11) is 0. The zero-order chi connectivity index (χ0) is 15.0. The zero-order valence-electron chi connectivity index (χ0n) is 10.7. The predicted octanol–water partition coefficient (Wildman–Crippen LogP) is 6.46. The number of benzene rings is 2. The lowest BCUT2D eigenvalue weighted by Crippen LogP contribution is -2.01.